The lowest BCUT2D eigenvalue weighted by molar-refractivity contribution is -0.155. The number of carboxylic acid groups (broad SMARTS) is 1. The van der Waals surface area contributed by atoms with Crippen molar-refractivity contribution in [3.05, 3.63) is 0 Å². The molecule has 15 heavy (non-hydrogen) atoms. The van der Waals surface area contributed by atoms with Gasteiger partial charge in [-0.05, 0) is 25.7 Å². The molecule has 3 N–H and O–H groups in total. The minimum absolute atomic E-state index is 0.000972. The van der Waals surface area contributed by atoms with Gasteiger partial charge in [0.05, 0.1) is 6.04 Å². The number of hydrogen-bond acceptors (Lipinski definition) is 3. The summed E-state index contributed by atoms with van der Waals surface area (Å²) in [5.41, 5.74) is 5.49. The van der Waals surface area contributed by atoms with Gasteiger partial charge in [-0.2, -0.15) is 0 Å². The monoisotopic (exact) mass is 214 g/mol. The van der Waals surface area contributed by atoms with E-state index in [9.17, 15) is 9.59 Å². The van der Waals surface area contributed by atoms with Gasteiger partial charge in [-0.25, -0.2) is 4.79 Å². The molecule has 86 valence electrons. The van der Waals surface area contributed by atoms with Crippen molar-refractivity contribution in [1.82, 2.24) is 4.90 Å². The zero-order valence-corrected chi connectivity index (χ0v) is 9.14. The number of amides is 1. The number of nitrogens with two attached hydrogens (primary N) is 1. The van der Waals surface area contributed by atoms with Crippen LogP contribution >= 0.6 is 0 Å². The molecule has 0 aromatic carbocycles. The molecule has 1 amide bonds. The van der Waals surface area contributed by atoms with Gasteiger partial charge < -0.3 is 15.7 Å². The quantitative estimate of drug-likeness (QED) is 0.680. The number of carboxylic acids is 1. The molecule has 0 aromatic rings. The molecule has 0 saturated carbocycles. The fourth-order valence-corrected chi connectivity index (χ4v) is 2.07. The highest BCUT2D eigenvalue weighted by atomic mass is 16.4. The second-order valence-electron chi connectivity index (χ2n) is 4.22. The first-order valence-corrected chi connectivity index (χ1v) is 5.24. The Balaban J connectivity index is 2.84. The molecule has 5 heteroatoms. The Kier molecular flexibility index (Phi) is 3.68. The Morgan fingerprint density at radius 3 is 2.60 bits per heavy atom. The maximum absolute atomic E-state index is 11.7. The third-order valence-electron chi connectivity index (χ3n) is 2.86. The molecule has 1 saturated heterocycles. The predicted octanol–water partition coefficient (Wildman–Crippen LogP) is 0.0453. The van der Waals surface area contributed by atoms with Crippen molar-refractivity contribution in [3.8, 4) is 0 Å². The number of carbonyl (C=O) groups excluding carboxylic acids is 1. The molecule has 1 heterocycles. The van der Waals surface area contributed by atoms with Gasteiger partial charge in [0.2, 0.25) is 5.91 Å². The molecule has 1 aliphatic rings. The number of carbonyl (C=O) groups is 2. The molecule has 3 atom stereocenters. The zero-order valence-electron chi connectivity index (χ0n) is 9.14. The molecule has 0 aliphatic carbocycles. The van der Waals surface area contributed by atoms with Crippen LogP contribution in [-0.4, -0.2) is 40.5 Å². The number of hydrogen-bond donors (Lipinski definition) is 2. The zero-order chi connectivity index (χ0) is 11.6. The molecule has 0 radical (unpaired) electrons. The number of aliphatic carboxylic acids is 1. The van der Waals surface area contributed by atoms with E-state index in [0.717, 1.165) is 12.8 Å². The van der Waals surface area contributed by atoms with Crippen LogP contribution in [0.5, 0.6) is 0 Å². The van der Waals surface area contributed by atoms with Gasteiger partial charge in [0.15, 0.2) is 0 Å². The summed E-state index contributed by atoms with van der Waals surface area (Å²) >= 11 is 0. The third-order valence-corrected chi connectivity index (χ3v) is 2.86. The van der Waals surface area contributed by atoms with Crippen molar-refractivity contribution in [2.45, 2.75) is 38.8 Å². The molecule has 0 aromatic heterocycles. The Bertz CT molecular complexity index is 265. The van der Waals surface area contributed by atoms with Gasteiger partial charge in [0, 0.05) is 6.54 Å². The molecule has 0 spiro atoms. The van der Waals surface area contributed by atoms with E-state index in [1.807, 2.05) is 6.92 Å². The molecule has 0 bridgehead atoms. The number of rotatable bonds is 2. The second kappa shape index (κ2) is 4.61. The number of nitrogens with zero attached hydrogens (tertiary/aromatic N) is 1. The largest absolute Gasteiger partial charge is 0.480 e. The van der Waals surface area contributed by atoms with E-state index in [2.05, 4.69) is 0 Å². The average molecular weight is 214 g/mol. The Hall–Kier alpha value is -1.10. The second-order valence-corrected chi connectivity index (χ2v) is 4.22. The van der Waals surface area contributed by atoms with Gasteiger partial charge in [0.1, 0.15) is 6.04 Å². The van der Waals surface area contributed by atoms with Crippen LogP contribution in [0.25, 0.3) is 0 Å². The summed E-state index contributed by atoms with van der Waals surface area (Å²) in [6.45, 7) is 3.95. The first-order valence-electron chi connectivity index (χ1n) is 5.24. The van der Waals surface area contributed by atoms with Crippen LogP contribution in [0.15, 0.2) is 0 Å². The van der Waals surface area contributed by atoms with Crippen LogP contribution in [0.4, 0.5) is 0 Å². The van der Waals surface area contributed by atoms with E-state index in [4.69, 9.17) is 10.8 Å². The predicted molar refractivity (Wildman–Crippen MR) is 55.2 cm³/mol. The van der Waals surface area contributed by atoms with Crippen molar-refractivity contribution < 1.29 is 14.7 Å². The summed E-state index contributed by atoms with van der Waals surface area (Å²) in [7, 11) is 0. The highest BCUT2D eigenvalue weighted by Gasteiger charge is 2.37. The van der Waals surface area contributed by atoms with E-state index >= 15 is 0 Å². The van der Waals surface area contributed by atoms with Crippen LogP contribution in [0.3, 0.4) is 0 Å². The highest BCUT2D eigenvalue weighted by Crippen LogP contribution is 2.23. The molecule has 1 aliphatic heterocycles. The highest BCUT2D eigenvalue weighted by molar-refractivity contribution is 5.87. The van der Waals surface area contributed by atoms with E-state index in [1.165, 1.54) is 4.90 Å². The lowest BCUT2D eigenvalue weighted by Crippen LogP contribution is -2.55. The molecular formula is C10H18N2O3. The standard InChI is InChI=1S/C10H18N2O3/c1-6-4-3-5-12(8(6)10(14)15)9(13)7(2)11/h6-8H,3-5,11H2,1-2H3,(H,14,15)/t6?,7-,8?/m0/s1. The van der Waals surface area contributed by atoms with E-state index in [1.54, 1.807) is 6.92 Å². The average Bonchev–Trinajstić information content (AvgIpc) is 2.15. The van der Waals surface area contributed by atoms with Crippen LogP contribution in [0.1, 0.15) is 26.7 Å². The fourth-order valence-electron chi connectivity index (χ4n) is 2.07. The minimum atomic E-state index is -0.934. The van der Waals surface area contributed by atoms with Crippen molar-refractivity contribution in [1.29, 1.82) is 0 Å². The maximum atomic E-state index is 11.7. The summed E-state index contributed by atoms with van der Waals surface area (Å²) in [5.74, 6) is -1.20. The van der Waals surface area contributed by atoms with Crippen LogP contribution in [0, 0.1) is 5.92 Å². The van der Waals surface area contributed by atoms with Crippen molar-refractivity contribution in [2.24, 2.45) is 11.7 Å². The maximum Gasteiger partial charge on any atom is 0.326 e. The minimum Gasteiger partial charge on any atom is -0.480 e. The lowest BCUT2D eigenvalue weighted by Gasteiger charge is -2.38. The van der Waals surface area contributed by atoms with Crippen LogP contribution < -0.4 is 5.73 Å². The fraction of sp³-hybridized carbons (Fsp3) is 0.800. The smallest absolute Gasteiger partial charge is 0.326 e. The first-order chi connectivity index (χ1) is 6.95. The van der Waals surface area contributed by atoms with Crippen LogP contribution in [-0.2, 0) is 9.59 Å². The Morgan fingerprint density at radius 2 is 2.13 bits per heavy atom. The van der Waals surface area contributed by atoms with Gasteiger partial charge in [0.25, 0.3) is 0 Å². The summed E-state index contributed by atoms with van der Waals surface area (Å²) in [4.78, 5) is 24.2. The molecule has 2 unspecified atom stereocenters. The van der Waals surface area contributed by atoms with Gasteiger partial charge in [-0.1, -0.05) is 6.92 Å². The van der Waals surface area contributed by atoms with Crippen molar-refractivity contribution in [3.63, 3.8) is 0 Å². The van der Waals surface area contributed by atoms with Gasteiger partial charge in [-0.15, -0.1) is 0 Å². The summed E-state index contributed by atoms with van der Waals surface area (Å²) < 4.78 is 0. The SMILES string of the molecule is CC1CCCN(C(=O)[C@H](C)N)C1C(=O)O. The van der Waals surface area contributed by atoms with E-state index in [-0.39, 0.29) is 11.8 Å². The van der Waals surface area contributed by atoms with E-state index < -0.39 is 18.1 Å². The first kappa shape index (κ1) is 12.0. The summed E-state index contributed by atoms with van der Waals surface area (Å²) in [5, 5.41) is 9.08. The topological polar surface area (TPSA) is 83.6 Å². The summed E-state index contributed by atoms with van der Waals surface area (Å²) in [6.07, 6.45) is 1.70. The molecule has 1 rings (SSSR count). The molecule has 1 fully saturated rings. The molecule has 5 nitrogen and oxygen atoms in total. The summed E-state index contributed by atoms with van der Waals surface area (Å²) in [6, 6.07) is -1.34. The molecular weight excluding hydrogens is 196 g/mol. The van der Waals surface area contributed by atoms with Crippen LogP contribution in [0.2, 0.25) is 0 Å². The Labute approximate surface area is 89.2 Å². The van der Waals surface area contributed by atoms with E-state index in [0.29, 0.717) is 6.54 Å². The normalized spacial score (nSPS) is 28.6. The number of piperidine rings is 1. The Morgan fingerprint density at radius 1 is 1.53 bits per heavy atom. The lowest BCUT2D eigenvalue weighted by atomic mass is 9.90. The van der Waals surface area contributed by atoms with Crippen molar-refractivity contribution >= 4 is 11.9 Å². The van der Waals surface area contributed by atoms with Crippen molar-refractivity contribution in [2.75, 3.05) is 6.54 Å². The third kappa shape index (κ3) is 2.47. The van der Waals surface area contributed by atoms with Gasteiger partial charge >= 0.3 is 5.97 Å². The van der Waals surface area contributed by atoms with Gasteiger partial charge in [-0.3, -0.25) is 4.79 Å². The number of likely N-dealkylation sites (tertiary alicyclic amines) is 1.